The molecule has 0 amide bonds. The maximum absolute atomic E-state index is 3.78. The molecule has 0 aliphatic rings. The lowest BCUT2D eigenvalue weighted by Crippen LogP contribution is -1.87. The number of benzene rings is 1. The second-order valence-electron chi connectivity index (χ2n) is 5.52. The van der Waals surface area contributed by atoms with Crippen molar-refractivity contribution in [1.29, 1.82) is 0 Å². The van der Waals surface area contributed by atoms with Gasteiger partial charge in [0.05, 0.1) is 0 Å². The summed E-state index contributed by atoms with van der Waals surface area (Å²) in [5, 5.41) is 0. The summed E-state index contributed by atoms with van der Waals surface area (Å²) in [5.74, 6) is 0. The van der Waals surface area contributed by atoms with Crippen LogP contribution in [0.2, 0.25) is 0 Å². The minimum absolute atomic E-state index is 1.22. The summed E-state index contributed by atoms with van der Waals surface area (Å²) in [4.78, 5) is 0. The van der Waals surface area contributed by atoms with E-state index in [2.05, 4.69) is 37.8 Å². The van der Waals surface area contributed by atoms with E-state index in [0.29, 0.717) is 0 Å². The molecule has 0 atom stereocenters. The molecular weight excluding hydrogens is 228 g/mol. The van der Waals surface area contributed by atoms with Crippen LogP contribution in [-0.4, -0.2) is 0 Å². The van der Waals surface area contributed by atoms with Crippen molar-refractivity contribution in [1.82, 2.24) is 0 Å². The zero-order valence-electron chi connectivity index (χ0n) is 12.7. The van der Waals surface area contributed by atoms with Crippen LogP contribution in [0.4, 0.5) is 0 Å². The fourth-order valence-corrected chi connectivity index (χ4v) is 2.46. The summed E-state index contributed by atoms with van der Waals surface area (Å²) in [6.45, 7) is 6.06. The number of hydrogen-bond donors (Lipinski definition) is 0. The van der Waals surface area contributed by atoms with Crippen molar-refractivity contribution in [2.45, 2.75) is 71.1 Å². The van der Waals surface area contributed by atoms with Gasteiger partial charge in [-0.3, -0.25) is 0 Å². The van der Waals surface area contributed by atoms with Crippen LogP contribution in [-0.2, 0) is 6.42 Å². The SMILES string of the molecule is C=Cc1ccc(CCCCCCCCCCC)cc1. The van der Waals surface area contributed by atoms with Crippen molar-refractivity contribution in [2.24, 2.45) is 0 Å². The molecule has 1 aromatic rings. The zero-order chi connectivity index (χ0) is 13.8. The van der Waals surface area contributed by atoms with Crippen LogP contribution in [0, 0.1) is 0 Å². The first-order chi connectivity index (χ1) is 9.36. The predicted molar refractivity (Wildman–Crippen MR) is 87.5 cm³/mol. The molecule has 0 saturated heterocycles. The van der Waals surface area contributed by atoms with Gasteiger partial charge < -0.3 is 0 Å². The second kappa shape index (κ2) is 10.8. The molecule has 0 radical (unpaired) electrons. The average molecular weight is 258 g/mol. The van der Waals surface area contributed by atoms with E-state index in [1.165, 1.54) is 75.3 Å². The molecule has 106 valence electrons. The quantitative estimate of drug-likeness (QED) is 0.403. The van der Waals surface area contributed by atoms with Crippen LogP contribution in [0.1, 0.15) is 75.8 Å². The van der Waals surface area contributed by atoms with E-state index in [0.717, 1.165) is 0 Å². The van der Waals surface area contributed by atoms with Crippen LogP contribution in [0.15, 0.2) is 30.8 Å². The van der Waals surface area contributed by atoms with Crippen LogP contribution in [0.5, 0.6) is 0 Å². The predicted octanol–water partition coefficient (Wildman–Crippen LogP) is 6.40. The van der Waals surface area contributed by atoms with Gasteiger partial charge in [-0.1, -0.05) is 95.2 Å². The highest BCUT2D eigenvalue weighted by atomic mass is 14.0. The Morgan fingerprint density at radius 1 is 0.789 bits per heavy atom. The summed E-state index contributed by atoms with van der Waals surface area (Å²) in [5.41, 5.74) is 2.68. The summed E-state index contributed by atoms with van der Waals surface area (Å²) in [6.07, 6.45) is 15.8. The van der Waals surface area contributed by atoms with E-state index in [-0.39, 0.29) is 0 Å². The number of unbranched alkanes of at least 4 members (excludes halogenated alkanes) is 8. The van der Waals surface area contributed by atoms with Gasteiger partial charge in [-0.25, -0.2) is 0 Å². The standard InChI is InChI=1S/C19H30/c1-3-5-6-7-8-9-10-11-12-13-19-16-14-18(4-2)15-17-19/h4,14-17H,2-3,5-13H2,1H3. The molecule has 1 rings (SSSR count). The van der Waals surface area contributed by atoms with Crippen molar-refractivity contribution in [3.8, 4) is 0 Å². The molecule has 0 aliphatic heterocycles. The summed E-state index contributed by atoms with van der Waals surface area (Å²) in [7, 11) is 0. The minimum Gasteiger partial charge on any atom is -0.0985 e. The Morgan fingerprint density at radius 3 is 1.84 bits per heavy atom. The van der Waals surface area contributed by atoms with Gasteiger partial charge >= 0.3 is 0 Å². The highest BCUT2D eigenvalue weighted by Gasteiger charge is 1.95. The van der Waals surface area contributed by atoms with Gasteiger partial charge in [-0.2, -0.15) is 0 Å². The first-order valence-corrected chi connectivity index (χ1v) is 8.08. The molecule has 0 N–H and O–H groups in total. The third kappa shape index (κ3) is 7.87. The monoisotopic (exact) mass is 258 g/mol. The Bertz CT molecular complexity index is 320. The topological polar surface area (TPSA) is 0 Å². The molecular formula is C19H30. The fourth-order valence-electron chi connectivity index (χ4n) is 2.46. The van der Waals surface area contributed by atoms with Crippen LogP contribution in [0.3, 0.4) is 0 Å². The number of hydrogen-bond acceptors (Lipinski definition) is 0. The van der Waals surface area contributed by atoms with Gasteiger partial charge in [0.15, 0.2) is 0 Å². The molecule has 0 nitrogen and oxygen atoms in total. The van der Waals surface area contributed by atoms with E-state index in [4.69, 9.17) is 0 Å². The molecule has 0 heterocycles. The Hall–Kier alpha value is -1.04. The maximum atomic E-state index is 3.78. The van der Waals surface area contributed by atoms with E-state index < -0.39 is 0 Å². The maximum Gasteiger partial charge on any atom is -0.0262 e. The summed E-state index contributed by atoms with van der Waals surface area (Å²) >= 11 is 0. The Kier molecular flexibility index (Phi) is 9.14. The van der Waals surface area contributed by atoms with E-state index >= 15 is 0 Å². The third-order valence-corrected chi connectivity index (χ3v) is 3.78. The first-order valence-electron chi connectivity index (χ1n) is 8.08. The van der Waals surface area contributed by atoms with Gasteiger partial charge in [0.2, 0.25) is 0 Å². The van der Waals surface area contributed by atoms with Crippen molar-refractivity contribution < 1.29 is 0 Å². The Morgan fingerprint density at radius 2 is 1.32 bits per heavy atom. The van der Waals surface area contributed by atoms with Gasteiger partial charge in [0.1, 0.15) is 0 Å². The van der Waals surface area contributed by atoms with Gasteiger partial charge in [0, 0.05) is 0 Å². The Balaban J connectivity index is 1.96. The third-order valence-electron chi connectivity index (χ3n) is 3.78. The minimum atomic E-state index is 1.22. The summed E-state index contributed by atoms with van der Waals surface area (Å²) in [6, 6.07) is 8.80. The van der Waals surface area contributed by atoms with Crippen LogP contribution in [0.25, 0.3) is 6.08 Å². The van der Waals surface area contributed by atoms with Crippen LogP contribution < -0.4 is 0 Å². The smallest absolute Gasteiger partial charge is 0.0262 e. The van der Waals surface area contributed by atoms with E-state index in [1.807, 2.05) is 6.08 Å². The van der Waals surface area contributed by atoms with Crippen molar-refractivity contribution >= 4 is 6.08 Å². The highest BCUT2D eigenvalue weighted by molar-refractivity contribution is 5.47. The van der Waals surface area contributed by atoms with Crippen LogP contribution >= 0.6 is 0 Å². The number of aryl methyl sites for hydroxylation is 1. The second-order valence-corrected chi connectivity index (χ2v) is 5.52. The molecule has 0 spiro atoms. The van der Waals surface area contributed by atoms with Gasteiger partial charge in [-0.15, -0.1) is 0 Å². The zero-order valence-corrected chi connectivity index (χ0v) is 12.7. The fraction of sp³-hybridized carbons (Fsp3) is 0.579. The molecule has 1 aromatic carbocycles. The molecule has 0 heteroatoms. The van der Waals surface area contributed by atoms with Gasteiger partial charge in [0.25, 0.3) is 0 Å². The molecule has 0 saturated carbocycles. The largest absolute Gasteiger partial charge is 0.0985 e. The molecule has 19 heavy (non-hydrogen) atoms. The van der Waals surface area contributed by atoms with Crippen molar-refractivity contribution in [3.05, 3.63) is 42.0 Å². The van der Waals surface area contributed by atoms with Gasteiger partial charge in [-0.05, 0) is 24.0 Å². The first kappa shape index (κ1) is 16.0. The molecule has 0 aliphatic carbocycles. The number of rotatable bonds is 11. The normalized spacial score (nSPS) is 10.6. The van der Waals surface area contributed by atoms with E-state index in [1.54, 1.807) is 0 Å². The lowest BCUT2D eigenvalue weighted by molar-refractivity contribution is 0.565. The molecule has 0 unspecified atom stereocenters. The average Bonchev–Trinajstić information content (AvgIpc) is 2.46. The molecule has 0 aromatic heterocycles. The lowest BCUT2D eigenvalue weighted by Gasteiger charge is -2.03. The summed E-state index contributed by atoms with van der Waals surface area (Å²) < 4.78 is 0. The van der Waals surface area contributed by atoms with E-state index in [9.17, 15) is 0 Å². The Labute approximate surface area is 119 Å². The highest BCUT2D eigenvalue weighted by Crippen LogP contribution is 2.12. The molecule has 0 bridgehead atoms. The van der Waals surface area contributed by atoms with Crippen molar-refractivity contribution in [2.75, 3.05) is 0 Å². The lowest BCUT2D eigenvalue weighted by atomic mass is 10.0. The molecule has 0 fully saturated rings. The van der Waals surface area contributed by atoms with Crippen molar-refractivity contribution in [3.63, 3.8) is 0 Å².